The van der Waals surface area contributed by atoms with E-state index in [1.807, 2.05) is 18.2 Å². The van der Waals surface area contributed by atoms with E-state index >= 15 is 0 Å². The molecule has 0 bridgehead atoms. The molecule has 0 saturated carbocycles. The molecule has 2 aromatic carbocycles. The summed E-state index contributed by atoms with van der Waals surface area (Å²) in [4.78, 5) is 16.4. The van der Waals surface area contributed by atoms with Crippen LogP contribution in [0.1, 0.15) is 43.4 Å². The van der Waals surface area contributed by atoms with Crippen molar-refractivity contribution in [2.24, 2.45) is 0 Å². The summed E-state index contributed by atoms with van der Waals surface area (Å²) in [6.45, 7) is 7.17. The molecule has 1 unspecified atom stereocenters. The lowest BCUT2D eigenvalue weighted by Crippen LogP contribution is -2.66. The summed E-state index contributed by atoms with van der Waals surface area (Å²) in [5, 5.41) is 4.78. The van der Waals surface area contributed by atoms with E-state index in [4.69, 9.17) is 23.2 Å². The topological polar surface area (TPSA) is 32.3 Å². The molecule has 1 N–H and O–H groups in total. The van der Waals surface area contributed by atoms with Gasteiger partial charge in [-0.15, -0.1) is 12.4 Å². The molecule has 162 valence electrons. The zero-order valence-corrected chi connectivity index (χ0v) is 19.8. The first-order chi connectivity index (χ1) is 13.8. The summed E-state index contributed by atoms with van der Waals surface area (Å²) in [6.07, 6.45) is 3.62. The number of nitrogens with zero attached hydrogens (tertiary/aromatic N) is 1. The number of likely N-dealkylation sites (tertiary alicyclic amines) is 1. The van der Waals surface area contributed by atoms with Gasteiger partial charge < -0.3 is 4.90 Å². The molecule has 0 amide bonds. The minimum absolute atomic E-state index is 0. The van der Waals surface area contributed by atoms with E-state index in [1.54, 1.807) is 6.07 Å². The van der Waals surface area contributed by atoms with Crippen LogP contribution in [-0.4, -0.2) is 35.9 Å². The third-order valence-corrected chi connectivity index (χ3v) is 6.88. The molecule has 0 aliphatic carbocycles. The first-order valence-electron chi connectivity index (χ1n) is 10.4. The number of ketones is 1. The van der Waals surface area contributed by atoms with E-state index in [2.05, 4.69) is 42.3 Å². The normalized spacial score (nSPS) is 22.9. The summed E-state index contributed by atoms with van der Waals surface area (Å²) in [6, 6.07) is 13.9. The van der Waals surface area contributed by atoms with Crippen molar-refractivity contribution in [3.63, 3.8) is 0 Å². The Morgan fingerprint density at radius 1 is 1.07 bits per heavy atom. The lowest BCUT2D eigenvalue weighted by atomic mass is 9.72. The SMILES string of the molecule is CC1(C)Cc2ccccc2C(CN2CCCC2)(C(=O)Cc2ccc(Cl)c(Cl)c2)N1.Cl. The molecule has 0 spiro atoms. The fourth-order valence-corrected chi connectivity index (χ4v) is 5.27. The second kappa shape index (κ2) is 9.18. The highest BCUT2D eigenvalue weighted by atomic mass is 35.5. The highest BCUT2D eigenvalue weighted by Crippen LogP contribution is 2.38. The second-order valence-corrected chi connectivity index (χ2v) is 9.89. The Labute approximate surface area is 195 Å². The Bertz CT molecular complexity index is 924. The zero-order chi connectivity index (χ0) is 20.6. The van der Waals surface area contributed by atoms with Gasteiger partial charge >= 0.3 is 0 Å². The maximum atomic E-state index is 14.0. The third-order valence-electron chi connectivity index (χ3n) is 6.15. The standard InChI is InChI=1S/C24H28Cl2N2O.ClH/c1-23(2)15-18-7-3-4-8-19(18)24(27-23,16-28-11-5-6-12-28)22(29)14-17-9-10-20(25)21(26)13-17;/h3-4,7-10,13,27H,5-6,11-12,14-16H2,1-2H3;1H. The highest BCUT2D eigenvalue weighted by Gasteiger charge is 2.48. The molecule has 2 aliphatic rings. The van der Waals surface area contributed by atoms with Crippen LogP contribution in [0.2, 0.25) is 10.0 Å². The van der Waals surface area contributed by atoms with Crippen molar-refractivity contribution in [1.82, 2.24) is 10.2 Å². The van der Waals surface area contributed by atoms with Gasteiger partial charge in [-0.2, -0.15) is 0 Å². The van der Waals surface area contributed by atoms with Crippen molar-refractivity contribution in [3.05, 3.63) is 69.2 Å². The van der Waals surface area contributed by atoms with E-state index in [0.29, 0.717) is 23.0 Å². The fraction of sp³-hybridized carbons (Fsp3) is 0.458. The monoisotopic (exact) mass is 466 g/mol. The molecule has 1 saturated heterocycles. The van der Waals surface area contributed by atoms with Gasteiger partial charge in [0.25, 0.3) is 0 Å². The lowest BCUT2D eigenvalue weighted by Gasteiger charge is -2.48. The van der Waals surface area contributed by atoms with Gasteiger partial charge in [-0.05, 0) is 75.0 Å². The molecule has 30 heavy (non-hydrogen) atoms. The van der Waals surface area contributed by atoms with E-state index in [-0.39, 0.29) is 23.7 Å². The van der Waals surface area contributed by atoms with Crippen LogP contribution < -0.4 is 5.32 Å². The van der Waals surface area contributed by atoms with Crippen LogP contribution in [0, 0.1) is 0 Å². The number of rotatable bonds is 5. The minimum Gasteiger partial charge on any atom is -0.301 e. The van der Waals surface area contributed by atoms with Gasteiger partial charge in [-0.25, -0.2) is 0 Å². The molecule has 1 atom stereocenters. The van der Waals surface area contributed by atoms with Gasteiger partial charge in [0.2, 0.25) is 0 Å². The van der Waals surface area contributed by atoms with Gasteiger partial charge in [0.05, 0.1) is 10.0 Å². The summed E-state index contributed by atoms with van der Waals surface area (Å²) < 4.78 is 0. The van der Waals surface area contributed by atoms with Crippen molar-refractivity contribution < 1.29 is 4.79 Å². The molecular formula is C24H29Cl3N2O. The molecule has 0 radical (unpaired) electrons. The average molecular weight is 468 g/mol. The van der Waals surface area contributed by atoms with Crippen LogP contribution in [0.4, 0.5) is 0 Å². The van der Waals surface area contributed by atoms with Crippen molar-refractivity contribution in [3.8, 4) is 0 Å². The highest BCUT2D eigenvalue weighted by molar-refractivity contribution is 6.42. The summed E-state index contributed by atoms with van der Waals surface area (Å²) >= 11 is 12.3. The average Bonchev–Trinajstić information content (AvgIpc) is 3.16. The first kappa shape index (κ1) is 23.6. The molecule has 0 aromatic heterocycles. The van der Waals surface area contributed by atoms with E-state index in [1.165, 1.54) is 18.4 Å². The second-order valence-electron chi connectivity index (χ2n) is 9.08. The van der Waals surface area contributed by atoms with Crippen LogP contribution in [0.3, 0.4) is 0 Å². The number of benzene rings is 2. The molecule has 2 aromatic rings. The number of fused-ring (bicyclic) bond motifs is 1. The number of nitrogens with one attached hydrogen (secondary N) is 1. The number of hydrogen-bond acceptors (Lipinski definition) is 3. The third kappa shape index (κ3) is 4.71. The molecule has 6 heteroatoms. The Balaban J connectivity index is 0.00000256. The summed E-state index contributed by atoms with van der Waals surface area (Å²) in [7, 11) is 0. The van der Waals surface area contributed by atoms with Crippen LogP contribution in [0.25, 0.3) is 0 Å². The number of carbonyl (C=O) groups excluding carboxylic acids is 1. The van der Waals surface area contributed by atoms with Gasteiger partial charge in [-0.3, -0.25) is 10.1 Å². The van der Waals surface area contributed by atoms with E-state index in [9.17, 15) is 4.79 Å². The maximum absolute atomic E-state index is 14.0. The maximum Gasteiger partial charge on any atom is 0.163 e. The van der Waals surface area contributed by atoms with Crippen LogP contribution in [0.5, 0.6) is 0 Å². The minimum atomic E-state index is -0.727. The van der Waals surface area contributed by atoms with E-state index < -0.39 is 5.54 Å². The number of halogens is 3. The van der Waals surface area contributed by atoms with Crippen molar-refractivity contribution in [2.45, 2.75) is 50.6 Å². The predicted octanol–water partition coefficient (Wildman–Crippen LogP) is 5.44. The quantitative estimate of drug-likeness (QED) is 0.635. The molecule has 2 heterocycles. The number of hydrogen-bond donors (Lipinski definition) is 1. The fourth-order valence-electron chi connectivity index (χ4n) is 4.95. The van der Waals surface area contributed by atoms with Gasteiger partial charge in [0.1, 0.15) is 5.54 Å². The van der Waals surface area contributed by atoms with Gasteiger partial charge in [0, 0.05) is 18.5 Å². The molecular weight excluding hydrogens is 439 g/mol. The lowest BCUT2D eigenvalue weighted by molar-refractivity contribution is -0.127. The van der Waals surface area contributed by atoms with Crippen LogP contribution >= 0.6 is 35.6 Å². The Hall–Kier alpha value is -1.10. The molecule has 4 rings (SSSR count). The van der Waals surface area contributed by atoms with Crippen molar-refractivity contribution in [2.75, 3.05) is 19.6 Å². The Morgan fingerprint density at radius 2 is 1.77 bits per heavy atom. The van der Waals surface area contributed by atoms with Crippen molar-refractivity contribution >= 4 is 41.4 Å². The number of Topliss-reactive ketones (excluding diaryl/α,β-unsaturated/α-hetero) is 1. The predicted molar refractivity (Wildman–Crippen MR) is 127 cm³/mol. The van der Waals surface area contributed by atoms with Crippen LogP contribution in [0.15, 0.2) is 42.5 Å². The van der Waals surface area contributed by atoms with Crippen LogP contribution in [-0.2, 0) is 23.2 Å². The van der Waals surface area contributed by atoms with E-state index in [0.717, 1.165) is 30.6 Å². The number of carbonyl (C=O) groups is 1. The molecule has 1 fully saturated rings. The first-order valence-corrected chi connectivity index (χ1v) is 11.1. The van der Waals surface area contributed by atoms with Gasteiger partial charge in [-0.1, -0.05) is 53.5 Å². The zero-order valence-electron chi connectivity index (χ0n) is 17.5. The molecule has 2 aliphatic heterocycles. The largest absolute Gasteiger partial charge is 0.301 e. The molecule has 3 nitrogen and oxygen atoms in total. The summed E-state index contributed by atoms with van der Waals surface area (Å²) in [5.74, 6) is 0.183. The van der Waals surface area contributed by atoms with Gasteiger partial charge in [0.15, 0.2) is 5.78 Å². The smallest absolute Gasteiger partial charge is 0.163 e. The van der Waals surface area contributed by atoms with Crippen molar-refractivity contribution in [1.29, 1.82) is 0 Å². The Kier molecular flexibility index (Phi) is 7.21. The Morgan fingerprint density at radius 3 is 2.47 bits per heavy atom. The summed E-state index contributed by atoms with van der Waals surface area (Å²) in [5.41, 5.74) is 2.39.